The summed E-state index contributed by atoms with van der Waals surface area (Å²) in [6, 6.07) is 3.85. The maximum atomic E-state index is 14.9. The van der Waals surface area contributed by atoms with E-state index in [1.807, 2.05) is 12.2 Å². The van der Waals surface area contributed by atoms with E-state index in [2.05, 4.69) is 16.6 Å². The topological polar surface area (TPSA) is 192 Å². The maximum Gasteiger partial charge on any atom is 0.306 e. The van der Waals surface area contributed by atoms with Gasteiger partial charge in [0.25, 0.3) is 17.5 Å². The number of rotatable bonds is 8. The lowest BCUT2D eigenvalue weighted by Crippen LogP contribution is -2.57. The fourth-order valence-electron chi connectivity index (χ4n) is 9.62. The van der Waals surface area contributed by atoms with Crippen molar-refractivity contribution in [3.05, 3.63) is 53.4 Å². The van der Waals surface area contributed by atoms with E-state index in [0.717, 1.165) is 57.8 Å². The summed E-state index contributed by atoms with van der Waals surface area (Å²) in [5.74, 6) is -3.03. The molecular formula is C42H53N5O10S. The molecule has 8 rings (SSSR count). The van der Waals surface area contributed by atoms with E-state index in [0.29, 0.717) is 29.5 Å². The number of carbonyl (C=O) groups excluding carboxylic acids is 4. The summed E-state index contributed by atoms with van der Waals surface area (Å²) in [7, 11) is -2.40. The summed E-state index contributed by atoms with van der Waals surface area (Å²) >= 11 is 0. The lowest BCUT2D eigenvalue weighted by Gasteiger charge is -2.32. The molecule has 3 heterocycles. The van der Waals surface area contributed by atoms with Crippen LogP contribution >= 0.6 is 0 Å². The van der Waals surface area contributed by atoms with E-state index in [9.17, 15) is 32.4 Å². The molecule has 312 valence electrons. The van der Waals surface area contributed by atoms with Gasteiger partial charge in [0.1, 0.15) is 29.5 Å². The zero-order valence-corrected chi connectivity index (χ0v) is 33.8. The number of carbonyl (C=O) groups is 4. The predicted octanol–water partition coefficient (Wildman–Crippen LogP) is 3.68. The van der Waals surface area contributed by atoms with Crippen LogP contribution in [0.2, 0.25) is 0 Å². The number of hydrogen-bond acceptors (Lipinski definition) is 11. The smallest absolute Gasteiger partial charge is 0.306 e. The first kappa shape index (κ1) is 40.1. The number of aromatic nitrogens is 2. The number of sulfonamides is 1. The summed E-state index contributed by atoms with van der Waals surface area (Å²) < 4.78 is 47.3. The lowest BCUT2D eigenvalue weighted by atomic mass is 9.86. The van der Waals surface area contributed by atoms with Crippen molar-refractivity contribution in [2.24, 2.45) is 23.7 Å². The van der Waals surface area contributed by atoms with E-state index < -0.39 is 62.6 Å². The van der Waals surface area contributed by atoms with Gasteiger partial charge in [-0.3, -0.25) is 33.3 Å². The molecule has 15 nitrogen and oxygen atoms in total. The molecule has 5 fully saturated rings. The molecule has 7 atom stereocenters. The standard InChI is InChI=1S/C42H53N5O10S/c1-3-27-23-42(27,40(52)45-58(53,54)30-16-17-30)44-37(49)34-21-29-24-47(34)39(51)32(25-10-6-7-11-25)22-36(48)57-35-14-9-13-26(35)12-5-4-8-19-46-38(50)31-18-15-28(55-2)20-33(31)43-41(46)56-29/h3-4,8,15,18,20,25-27,29-30,32,34-35H,1,5-7,9-14,16-17,19,21-24H2,2H3,(H,44,49)(H,45,52)/b8-4+/t26-,27-,29-,32+,34+,35-,42-/m1/s1. The predicted molar refractivity (Wildman–Crippen MR) is 212 cm³/mol. The molecule has 2 N–H and O–H groups in total. The molecule has 2 aliphatic heterocycles. The highest BCUT2D eigenvalue weighted by molar-refractivity contribution is 7.91. The highest BCUT2D eigenvalue weighted by Gasteiger charge is 2.62. The number of fused-ring (bicyclic) bond motifs is 5. The average Bonchev–Trinajstić information content (AvgIpc) is 3.99. The van der Waals surface area contributed by atoms with Crippen molar-refractivity contribution in [2.45, 2.75) is 125 Å². The Morgan fingerprint density at radius 3 is 2.50 bits per heavy atom. The zero-order valence-electron chi connectivity index (χ0n) is 32.9. The van der Waals surface area contributed by atoms with Crippen LogP contribution in [0.5, 0.6) is 11.8 Å². The monoisotopic (exact) mass is 819 g/mol. The van der Waals surface area contributed by atoms with Crippen LogP contribution in [0.4, 0.5) is 0 Å². The minimum Gasteiger partial charge on any atom is -0.497 e. The molecule has 4 saturated carbocycles. The third kappa shape index (κ3) is 8.00. The number of benzene rings is 1. The Hall–Kier alpha value is -4.73. The minimum atomic E-state index is -3.92. The van der Waals surface area contributed by atoms with Crippen LogP contribution in [-0.2, 0) is 40.5 Å². The first-order chi connectivity index (χ1) is 27.9. The Kier molecular flexibility index (Phi) is 11.1. The van der Waals surface area contributed by atoms with Gasteiger partial charge in [-0.25, -0.2) is 8.42 Å². The van der Waals surface area contributed by atoms with E-state index in [-0.39, 0.29) is 67.8 Å². The third-order valence-corrected chi connectivity index (χ3v) is 15.0. The molecule has 58 heavy (non-hydrogen) atoms. The van der Waals surface area contributed by atoms with Crippen molar-refractivity contribution in [3.63, 3.8) is 0 Å². The number of methoxy groups -OCH3 is 1. The van der Waals surface area contributed by atoms with Crippen LogP contribution in [-0.4, -0.2) is 89.3 Å². The summed E-state index contributed by atoms with van der Waals surface area (Å²) in [5, 5.41) is 2.55. The Morgan fingerprint density at radius 2 is 1.78 bits per heavy atom. The molecule has 3 amide bonds. The fraction of sp³-hybridized carbons (Fsp3) is 0.619. The number of nitrogens with one attached hydrogen (secondary N) is 2. The second kappa shape index (κ2) is 16.1. The number of nitrogens with zero attached hydrogens (tertiary/aromatic N) is 3. The van der Waals surface area contributed by atoms with Gasteiger partial charge in [0.05, 0.1) is 42.1 Å². The van der Waals surface area contributed by atoms with Gasteiger partial charge < -0.3 is 24.4 Å². The second-order valence-electron chi connectivity index (χ2n) is 17.0. The summed E-state index contributed by atoms with van der Waals surface area (Å²) in [6.07, 6.45) is 12.7. The molecule has 0 unspecified atom stereocenters. The van der Waals surface area contributed by atoms with Gasteiger partial charge in [-0.1, -0.05) is 31.1 Å². The van der Waals surface area contributed by atoms with E-state index >= 15 is 0 Å². The molecular weight excluding hydrogens is 767 g/mol. The van der Waals surface area contributed by atoms with Crippen LogP contribution in [0.3, 0.4) is 0 Å². The highest BCUT2D eigenvalue weighted by Crippen LogP contribution is 2.46. The first-order valence-corrected chi connectivity index (χ1v) is 22.4. The van der Waals surface area contributed by atoms with Crippen LogP contribution in [0.1, 0.15) is 89.9 Å². The van der Waals surface area contributed by atoms with Gasteiger partial charge in [0.2, 0.25) is 21.8 Å². The molecule has 0 spiro atoms. The molecule has 2 aromatic rings. The van der Waals surface area contributed by atoms with Gasteiger partial charge in [0, 0.05) is 24.9 Å². The Labute approximate surface area is 338 Å². The van der Waals surface area contributed by atoms with Crippen LogP contribution in [0.25, 0.3) is 10.9 Å². The maximum absolute atomic E-state index is 14.9. The van der Waals surface area contributed by atoms with Crippen molar-refractivity contribution in [1.82, 2.24) is 24.5 Å². The average molecular weight is 820 g/mol. The molecule has 2 bridgehead atoms. The number of amides is 3. The molecule has 1 saturated heterocycles. The van der Waals surface area contributed by atoms with Crippen LogP contribution in [0.15, 0.2) is 47.8 Å². The molecule has 4 aliphatic carbocycles. The Bertz CT molecular complexity index is 2180. The van der Waals surface area contributed by atoms with Gasteiger partial charge in [-0.2, -0.15) is 4.98 Å². The van der Waals surface area contributed by atoms with Crippen molar-refractivity contribution in [2.75, 3.05) is 13.7 Å². The van der Waals surface area contributed by atoms with Gasteiger partial charge in [0.15, 0.2) is 0 Å². The molecule has 6 aliphatic rings. The van der Waals surface area contributed by atoms with Crippen molar-refractivity contribution >= 4 is 44.6 Å². The fourth-order valence-corrected chi connectivity index (χ4v) is 11.0. The quantitative estimate of drug-likeness (QED) is 0.292. The Balaban J connectivity index is 1.15. The summed E-state index contributed by atoms with van der Waals surface area (Å²) in [6.45, 7) is 3.89. The van der Waals surface area contributed by atoms with Gasteiger partial charge in [-0.05, 0) is 88.2 Å². The second-order valence-corrected chi connectivity index (χ2v) is 18.9. The minimum absolute atomic E-state index is 0.0109. The largest absolute Gasteiger partial charge is 0.497 e. The number of allylic oxidation sites excluding steroid dienone is 2. The normalized spacial score (nSPS) is 31.2. The third-order valence-electron chi connectivity index (χ3n) is 13.2. The molecule has 1 aromatic heterocycles. The lowest BCUT2D eigenvalue weighted by molar-refractivity contribution is -0.156. The molecule has 1 aromatic carbocycles. The van der Waals surface area contributed by atoms with Crippen molar-refractivity contribution < 1.29 is 41.8 Å². The van der Waals surface area contributed by atoms with E-state index in [4.69, 9.17) is 19.2 Å². The van der Waals surface area contributed by atoms with Crippen LogP contribution < -0.4 is 25.1 Å². The zero-order chi connectivity index (χ0) is 40.8. The summed E-state index contributed by atoms with van der Waals surface area (Å²) in [4.78, 5) is 77.0. The first-order valence-electron chi connectivity index (χ1n) is 20.8. The van der Waals surface area contributed by atoms with Crippen molar-refractivity contribution in [3.8, 4) is 11.8 Å². The van der Waals surface area contributed by atoms with Crippen LogP contribution in [0, 0.1) is 23.7 Å². The highest BCUT2D eigenvalue weighted by atomic mass is 32.2. The summed E-state index contributed by atoms with van der Waals surface area (Å²) in [5.41, 5.74) is -1.55. The SMILES string of the molecule is C=C[C@@H]1C[C@]1(NC(=O)[C@@H]1C[C@@H]2CN1C(=O)[C@H](C1CCCC1)CC(=O)O[C@@H]1CCC[C@H]1CC/C=C/Cn1c(nc3cc(OC)ccc3c1=O)O2)C(=O)NS(=O)(=O)C1CC1. The molecule has 0 radical (unpaired) electrons. The van der Waals surface area contributed by atoms with Crippen molar-refractivity contribution in [1.29, 1.82) is 0 Å². The number of esters is 1. The molecule has 16 heteroatoms. The van der Waals surface area contributed by atoms with E-state index in [1.165, 1.54) is 22.7 Å². The Morgan fingerprint density at radius 1 is 1.00 bits per heavy atom. The number of hydrogen-bond donors (Lipinski definition) is 2. The van der Waals surface area contributed by atoms with Gasteiger partial charge in [-0.15, -0.1) is 6.58 Å². The number of ether oxygens (including phenoxy) is 3. The van der Waals surface area contributed by atoms with E-state index in [1.54, 1.807) is 18.2 Å². The van der Waals surface area contributed by atoms with Gasteiger partial charge >= 0.3 is 5.97 Å².